The van der Waals surface area contributed by atoms with Crippen molar-refractivity contribution in [3.8, 4) is 0 Å². The molecule has 3 aromatic rings. The summed E-state index contributed by atoms with van der Waals surface area (Å²) in [5.41, 5.74) is 1.74. The molecule has 1 saturated heterocycles. The van der Waals surface area contributed by atoms with Gasteiger partial charge in [-0.2, -0.15) is 4.98 Å². The Labute approximate surface area is 153 Å². The van der Waals surface area contributed by atoms with Crippen LogP contribution < -0.4 is 4.90 Å². The topological polar surface area (TPSA) is 71.4 Å². The standard InChI is InChI=1S/C19H25N5O2/c1-13(2)12-17-21-22-18(26-17)14(3)23-8-10-24(11-9-23)19-20-15-6-4-5-7-16(15)25-19/h4-7,13-14H,8-12H2,1-3H3. The fourth-order valence-corrected chi connectivity index (χ4v) is 3.32. The van der Waals surface area contributed by atoms with E-state index in [9.17, 15) is 0 Å². The van der Waals surface area contributed by atoms with Crippen LogP contribution in [0.25, 0.3) is 11.1 Å². The molecule has 0 N–H and O–H groups in total. The van der Waals surface area contributed by atoms with E-state index in [0.29, 0.717) is 17.8 Å². The van der Waals surface area contributed by atoms with Crippen LogP contribution in [0.5, 0.6) is 0 Å². The van der Waals surface area contributed by atoms with Crippen LogP contribution in [0.2, 0.25) is 0 Å². The molecule has 2 aromatic heterocycles. The molecule has 1 atom stereocenters. The van der Waals surface area contributed by atoms with Crippen LogP contribution in [-0.2, 0) is 6.42 Å². The monoisotopic (exact) mass is 355 g/mol. The molecular formula is C19H25N5O2. The maximum absolute atomic E-state index is 5.88. The maximum atomic E-state index is 5.88. The molecule has 1 aliphatic rings. The third-order valence-corrected chi connectivity index (χ3v) is 4.84. The van der Waals surface area contributed by atoms with Crippen LogP contribution >= 0.6 is 0 Å². The van der Waals surface area contributed by atoms with Gasteiger partial charge in [-0.1, -0.05) is 26.0 Å². The van der Waals surface area contributed by atoms with Crippen molar-refractivity contribution in [2.75, 3.05) is 31.1 Å². The Balaban J connectivity index is 1.39. The molecule has 1 fully saturated rings. The molecule has 0 amide bonds. The smallest absolute Gasteiger partial charge is 0.298 e. The van der Waals surface area contributed by atoms with E-state index in [1.165, 1.54) is 0 Å². The lowest BCUT2D eigenvalue weighted by Gasteiger charge is -2.36. The van der Waals surface area contributed by atoms with Gasteiger partial charge in [0.2, 0.25) is 11.8 Å². The molecule has 1 aliphatic heterocycles. The van der Waals surface area contributed by atoms with Crippen LogP contribution in [0.3, 0.4) is 0 Å². The van der Waals surface area contributed by atoms with Crippen LogP contribution in [0.15, 0.2) is 33.1 Å². The lowest BCUT2D eigenvalue weighted by atomic mass is 10.1. The fourth-order valence-electron chi connectivity index (χ4n) is 3.32. The van der Waals surface area contributed by atoms with Crippen molar-refractivity contribution < 1.29 is 8.83 Å². The summed E-state index contributed by atoms with van der Waals surface area (Å²) in [7, 11) is 0. The quantitative estimate of drug-likeness (QED) is 0.695. The van der Waals surface area contributed by atoms with Crippen molar-refractivity contribution in [2.24, 2.45) is 5.92 Å². The summed E-state index contributed by atoms with van der Waals surface area (Å²) in [6.07, 6.45) is 0.825. The average Bonchev–Trinajstić information content (AvgIpc) is 3.27. The Morgan fingerprint density at radius 2 is 1.77 bits per heavy atom. The molecule has 3 heterocycles. The molecule has 0 bridgehead atoms. The first kappa shape index (κ1) is 17.0. The Bertz CT molecular complexity index is 831. The lowest BCUT2D eigenvalue weighted by molar-refractivity contribution is 0.169. The highest BCUT2D eigenvalue weighted by atomic mass is 16.4. The minimum atomic E-state index is 0.120. The van der Waals surface area contributed by atoms with Gasteiger partial charge >= 0.3 is 0 Å². The van der Waals surface area contributed by atoms with E-state index in [2.05, 4.69) is 45.8 Å². The number of fused-ring (bicyclic) bond motifs is 1. The number of para-hydroxylation sites is 2. The van der Waals surface area contributed by atoms with Crippen molar-refractivity contribution in [3.63, 3.8) is 0 Å². The van der Waals surface area contributed by atoms with Gasteiger partial charge in [0.25, 0.3) is 6.01 Å². The number of hydrogen-bond donors (Lipinski definition) is 0. The highest BCUT2D eigenvalue weighted by molar-refractivity contribution is 5.74. The second kappa shape index (κ2) is 7.07. The van der Waals surface area contributed by atoms with Crippen molar-refractivity contribution in [2.45, 2.75) is 33.2 Å². The van der Waals surface area contributed by atoms with Crippen LogP contribution in [-0.4, -0.2) is 46.3 Å². The Morgan fingerprint density at radius 1 is 1.00 bits per heavy atom. The number of hydrogen-bond acceptors (Lipinski definition) is 7. The first-order chi connectivity index (χ1) is 12.6. The predicted molar refractivity (Wildman–Crippen MR) is 99.1 cm³/mol. The zero-order chi connectivity index (χ0) is 18.1. The van der Waals surface area contributed by atoms with E-state index < -0.39 is 0 Å². The predicted octanol–water partition coefficient (Wildman–Crippen LogP) is 3.29. The lowest BCUT2D eigenvalue weighted by Crippen LogP contribution is -2.47. The number of aromatic nitrogens is 3. The molecule has 0 aliphatic carbocycles. The zero-order valence-corrected chi connectivity index (χ0v) is 15.6. The molecule has 0 radical (unpaired) electrons. The van der Waals surface area contributed by atoms with Crippen LogP contribution in [0.4, 0.5) is 6.01 Å². The summed E-state index contributed by atoms with van der Waals surface area (Å²) in [6, 6.07) is 8.70. The third kappa shape index (κ3) is 3.44. The van der Waals surface area contributed by atoms with Crippen molar-refractivity contribution in [1.29, 1.82) is 0 Å². The summed E-state index contributed by atoms with van der Waals surface area (Å²) < 4.78 is 11.7. The average molecular weight is 355 g/mol. The highest BCUT2D eigenvalue weighted by Crippen LogP contribution is 2.25. The minimum absolute atomic E-state index is 0.120. The second-order valence-electron chi connectivity index (χ2n) is 7.30. The van der Waals surface area contributed by atoms with E-state index in [4.69, 9.17) is 8.83 Å². The van der Waals surface area contributed by atoms with Crippen molar-refractivity contribution >= 4 is 17.1 Å². The van der Waals surface area contributed by atoms with Crippen molar-refractivity contribution in [1.82, 2.24) is 20.1 Å². The molecule has 1 unspecified atom stereocenters. The molecule has 0 spiro atoms. The van der Waals surface area contributed by atoms with E-state index >= 15 is 0 Å². The molecule has 1 aromatic carbocycles. The van der Waals surface area contributed by atoms with Gasteiger partial charge in [-0.05, 0) is 25.0 Å². The molecule has 26 heavy (non-hydrogen) atoms. The largest absolute Gasteiger partial charge is 0.424 e. The number of anilines is 1. The number of nitrogens with zero attached hydrogens (tertiary/aromatic N) is 5. The number of rotatable bonds is 5. The highest BCUT2D eigenvalue weighted by Gasteiger charge is 2.27. The first-order valence-electron chi connectivity index (χ1n) is 9.27. The van der Waals surface area contributed by atoms with Gasteiger partial charge < -0.3 is 13.7 Å². The maximum Gasteiger partial charge on any atom is 0.298 e. The van der Waals surface area contributed by atoms with Gasteiger partial charge in [0.1, 0.15) is 5.52 Å². The normalized spacial score (nSPS) is 17.3. The van der Waals surface area contributed by atoms with E-state index in [0.717, 1.165) is 49.6 Å². The zero-order valence-electron chi connectivity index (χ0n) is 15.6. The van der Waals surface area contributed by atoms with E-state index in [-0.39, 0.29) is 6.04 Å². The van der Waals surface area contributed by atoms with E-state index in [1.54, 1.807) is 0 Å². The van der Waals surface area contributed by atoms with Gasteiger partial charge in [0, 0.05) is 32.6 Å². The molecular weight excluding hydrogens is 330 g/mol. The number of piperazine rings is 1. The third-order valence-electron chi connectivity index (χ3n) is 4.84. The summed E-state index contributed by atoms with van der Waals surface area (Å²) in [5, 5.41) is 8.43. The van der Waals surface area contributed by atoms with E-state index in [1.807, 2.05) is 24.3 Å². The van der Waals surface area contributed by atoms with Gasteiger partial charge in [-0.15, -0.1) is 10.2 Å². The van der Waals surface area contributed by atoms with Gasteiger partial charge in [0.15, 0.2) is 5.58 Å². The molecule has 4 rings (SSSR count). The fraction of sp³-hybridized carbons (Fsp3) is 0.526. The minimum Gasteiger partial charge on any atom is -0.424 e. The molecule has 7 nitrogen and oxygen atoms in total. The Morgan fingerprint density at radius 3 is 2.50 bits per heavy atom. The SMILES string of the molecule is CC(C)Cc1nnc(C(C)N2CCN(c3nc4ccccc4o3)CC2)o1. The summed E-state index contributed by atoms with van der Waals surface area (Å²) >= 11 is 0. The number of benzene rings is 1. The summed E-state index contributed by atoms with van der Waals surface area (Å²) in [4.78, 5) is 9.16. The summed E-state index contributed by atoms with van der Waals surface area (Å²) in [6.45, 7) is 9.97. The molecule has 7 heteroatoms. The van der Waals surface area contributed by atoms with Gasteiger partial charge in [-0.25, -0.2) is 0 Å². The van der Waals surface area contributed by atoms with Crippen LogP contribution in [0, 0.1) is 5.92 Å². The molecule has 138 valence electrons. The van der Waals surface area contributed by atoms with Gasteiger partial charge in [0.05, 0.1) is 6.04 Å². The van der Waals surface area contributed by atoms with Crippen LogP contribution in [0.1, 0.15) is 38.6 Å². The Hall–Kier alpha value is -2.41. The summed E-state index contributed by atoms with van der Waals surface area (Å²) in [5.74, 6) is 1.95. The first-order valence-corrected chi connectivity index (χ1v) is 9.27. The second-order valence-corrected chi connectivity index (χ2v) is 7.30. The van der Waals surface area contributed by atoms with Crippen molar-refractivity contribution in [3.05, 3.63) is 36.0 Å². The van der Waals surface area contributed by atoms with Gasteiger partial charge in [-0.3, -0.25) is 4.90 Å². The number of oxazole rings is 1. The molecule has 0 saturated carbocycles. The Kier molecular flexibility index (Phi) is 4.63.